The van der Waals surface area contributed by atoms with Crippen molar-refractivity contribution in [3.63, 3.8) is 0 Å². The summed E-state index contributed by atoms with van der Waals surface area (Å²) in [4.78, 5) is 21.1. The first-order valence-electron chi connectivity index (χ1n) is 4.50. The number of hydrogen-bond donors (Lipinski definition) is 0. The molecule has 0 aliphatic rings. The highest BCUT2D eigenvalue weighted by molar-refractivity contribution is 8.13. The summed E-state index contributed by atoms with van der Waals surface area (Å²) in [5.41, 5.74) is 0.554. The smallest absolute Gasteiger partial charge is 0.186 e. The molecular formula is C12H9FO2S. The first kappa shape index (κ1) is 12.5. The molecule has 0 spiro atoms. The van der Waals surface area contributed by atoms with E-state index in [9.17, 15) is 14.0 Å². The zero-order valence-electron chi connectivity index (χ0n) is 8.62. The van der Waals surface area contributed by atoms with E-state index in [1.165, 1.54) is 25.1 Å². The standard InChI is InChI=1S/C12H9FO2S/c1-9(15)16-6-2-3-10-4-5-12(13)11(7-10)8-14/h4-5,7-8H,6H2,1H3. The SMILES string of the molecule is CC(=O)SCC#Cc1ccc(F)c(C=O)c1. The first-order valence-corrected chi connectivity index (χ1v) is 5.49. The van der Waals surface area contributed by atoms with Gasteiger partial charge in [0, 0.05) is 12.5 Å². The topological polar surface area (TPSA) is 34.1 Å². The van der Waals surface area contributed by atoms with E-state index >= 15 is 0 Å². The fourth-order valence-electron chi connectivity index (χ4n) is 0.988. The summed E-state index contributed by atoms with van der Waals surface area (Å²) in [5.74, 6) is 5.35. The van der Waals surface area contributed by atoms with Crippen LogP contribution in [-0.2, 0) is 4.79 Å². The van der Waals surface area contributed by atoms with Crippen LogP contribution < -0.4 is 0 Å². The average Bonchev–Trinajstić information content (AvgIpc) is 2.26. The lowest BCUT2D eigenvalue weighted by atomic mass is 10.1. The molecular weight excluding hydrogens is 227 g/mol. The third-order valence-electron chi connectivity index (χ3n) is 1.70. The zero-order valence-corrected chi connectivity index (χ0v) is 9.44. The van der Waals surface area contributed by atoms with Gasteiger partial charge in [-0.2, -0.15) is 0 Å². The summed E-state index contributed by atoms with van der Waals surface area (Å²) in [6, 6.07) is 4.08. The van der Waals surface area contributed by atoms with E-state index in [0.717, 1.165) is 11.8 Å². The monoisotopic (exact) mass is 236 g/mol. The number of benzene rings is 1. The Hall–Kier alpha value is -1.60. The minimum atomic E-state index is -0.557. The van der Waals surface area contributed by atoms with Crippen LogP contribution >= 0.6 is 11.8 Å². The maximum absolute atomic E-state index is 12.9. The fourth-order valence-corrected chi connectivity index (χ4v) is 1.34. The van der Waals surface area contributed by atoms with Crippen LogP contribution in [0.5, 0.6) is 0 Å². The van der Waals surface area contributed by atoms with Crippen LogP contribution in [0.25, 0.3) is 0 Å². The Bertz CT molecular complexity index is 472. The third kappa shape index (κ3) is 3.87. The van der Waals surface area contributed by atoms with Crippen molar-refractivity contribution in [2.45, 2.75) is 6.92 Å². The number of hydrogen-bond acceptors (Lipinski definition) is 3. The Balaban J connectivity index is 2.74. The Morgan fingerprint density at radius 2 is 2.31 bits per heavy atom. The highest BCUT2D eigenvalue weighted by Crippen LogP contribution is 2.07. The Morgan fingerprint density at radius 1 is 1.56 bits per heavy atom. The van der Waals surface area contributed by atoms with Gasteiger partial charge >= 0.3 is 0 Å². The lowest BCUT2D eigenvalue weighted by Crippen LogP contribution is -1.88. The summed E-state index contributed by atoms with van der Waals surface area (Å²) in [6.07, 6.45) is 0.449. The average molecular weight is 236 g/mol. The summed E-state index contributed by atoms with van der Waals surface area (Å²) in [6.45, 7) is 1.47. The van der Waals surface area contributed by atoms with Crippen LogP contribution in [0.3, 0.4) is 0 Å². The van der Waals surface area contributed by atoms with Gasteiger partial charge in [-0.1, -0.05) is 23.6 Å². The van der Waals surface area contributed by atoms with Gasteiger partial charge in [0.05, 0.1) is 11.3 Å². The van der Waals surface area contributed by atoms with Crippen molar-refractivity contribution in [2.24, 2.45) is 0 Å². The number of carbonyl (C=O) groups is 2. The second-order valence-electron chi connectivity index (χ2n) is 2.94. The molecule has 0 aliphatic heterocycles. The van der Waals surface area contributed by atoms with E-state index in [1.807, 2.05) is 0 Å². The van der Waals surface area contributed by atoms with E-state index in [1.54, 1.807) is 0 Å². The lowest BCUT2D eigenvalue weighted by Gasteiger charge is -1.94. The van der Waals surface area contributed by atoms with Gasteiger partial charge < -0.3 is 0 Å². The second kappa shape index (κ2) is 6.09. The molecule has 0 aliphatic carbocycles. The molecule has 0 saturated carbocycles. The molecule has 1 rings (SSSR count). The van der Waals surface area contributed by atoms with Gasteiger partial charge in [-0.3, -0.25) is 9.59 Å². The largest absolute Gasteiger partial charge is 0.298 e. The second-order valence-corrected chi connectivity index (χ2v) is 4.09. The molecule has 0 fully saturated rings. The van der Waals surface area contributed by atoms with Crippen LogP contribution in [0.4, 0.5) is 4.39 Å². The van der Waals surface area contributed by atoms with Crippen LogP contribution in [0.1, 0.15) is 22.8 Å². The Labute approximate surface area is 97.2 Å². The summed E-state index contributed by atoms with van der Waals surface area (Å²) in [5, 5.41) is 0.00184. The maximum atomic E-state index is 12.9. The minimum Gasteiger partial charge on any atom is -0.298 e. The van der Waals surface area contributed by atoms with Crippen LogP contribution in [0.2, 0.25) is 0 Å². The van der Waals surface area contributed by atoms with Gasteiger partial charge in [0.25, 0.3) is 0 Å². The van der Waals surface area contributed by atoms with Crippen molar-refractivity contribution in [2.75, 3.05) is 5.75 Å². The zero-order chi connectivity index (χ0) is 12.0. The summed E-state index contributed by atoms with van der Waals surface area (Å²) < 4.78 is 12.9. The number of aldehydes is 1. The number of carbonyl (C=O) groups excluding carboxylic acids is 2. The number of thioether (sulfide) groups is 1. The van der Waals surface area contributed by atoms with Crippen molar-refractivity contribution in [1.29, 1.82) is 0 Å². The molecule has 82 valence electrons. The van der Waals surface area contributed by atoms with Crippen molar-refractivity contribution < 1.29 is 14.0 Å². The molecule has 16 heavy (non-hydrogen) atoms. The molecule has 1 aromatic carbocycles. The van der Waals surface area contributed by atoms with Crippen LogP contribution in [0, 0.1) is 17.7 Å². The molecule has 0 amide bonds. The third-order valence-corrected chi connectivity index (χ3v) is 2.40. The van der Waals surface area contributed by atoms with Crippen molar-refractivity contribution in [3.8, 4) is 11.8 Å². The van der Waals surface area contributed by atoms with Crippen molar-refractivity contribution in [1.82, 2.24) is 0 Å². The van der Waals surface area contributed by atoms with E-state index in [-0.39, 0.29) is 10.7 Å². The van der Waals surface area contributed by atoms with Gasteiger partial charge in [0.15, 0.2) is 11.4 Å². The maximum Gasteiger partial charge on any atom is 0.186 e. The van der Waals surface area contributed by atoms with Crippen LogP contribution in [-0.4, -0.2) is 17.2 Å². The summed E-state index contributed by atoms with van der Waals surface area (Å²) >= 11 is 1.11. The number of rotatable bonds is 2. The molecule has 0 unspecified atom stereocenters. The predicted molar refractivity (Wildman–Crippen MR) is 61.8 cm³/mol. The predicted octanol–water partition coefficient (Wildman–Crippen LogP) is 2.27. The van der Waals surface area contributed by atoms with E-state index < -0.39 is 5.82 Å². The summed E-state index contributed by atoms with van der Waals surface area (Å²) in [7, 11) is 0. The number of halogens is 1. The van der Waals surface area contributed by atoms with Gasteiger partial charge in [-0.05, 0) is 18.2 Å². The molecule has 4 heteroatoms. The quantitative estimate of drug-likeness (QED) is 0.583. The van der Waals surface area contributed by atoms with E-state index in [0.29, 0.717) is 17.6 Å². The van der Waals surface area contributed by atoms with E-state index in [2.05, 4.69) is 11.8 Å². The van der Waals surface area contributed by atoms with Gasteiger partial charge in [-0.15, -0.1) is 0 Å². The van der Waals surface area contributed by atoms with Crippen molar-refractivity contribution >= 4 is 23.2 Å². The highest BCUT2D eigenvalue weighted by Gasteiger charge is 2.00. The van der Waals surface area contributed by atoms with Gasteiger partial charge in [0.1, 0.15) is 5.82 Å². The van der Waals surface area contributed by atoms with Gasteiger partial charge in [0.2, 0.25) is 0 Å². The van der Waals surface area contributed by atoms with Gasteiger partial charge in [-0.25, -0.2) is 4.39 Å². The molecule has 0 bridgehead atoms. The molecule has 0 aromatic heterocycles. The highest BCUT2D eigenvalue weighted by atomic mass is 32.2. The normalized spacial score (nSPS) is 9.12. The van der Waals surface area contributed by atoms with Crippen molar-refractivity contribution in [3.05, 3.63) is 35.1 Å². The van der Waals surface area contributed by atoms with Crippen LogP contribution in [0.15, 0.2) is 18.2 Å². The van der Waals surface area contributed by atoms with E-state index in [4.69, 9.17) is 0 Å². The Kier molecular flexibility index (Phi) is 4.74. The molecule has 0 heterocycles. The molecule has 0 radical (unpaired) electrons. The fraction of sp³-hybridized carbons (Fsp3) is 0.167. The molecule has 0 atom stereocenters. The lowest BCUT2D eigenvalue weighted by molar-refractivity contribution is -0.109. The minimum absolute atomic E-state index is 0.00184. The Morgan fingerprint density at radius 3 is 2.94 bits per heavy atom. The molecule has 0 saturated heterocycles. The molecule has 2 nitrogen and oxygen atoms in total. The molecule has 0 N–H and O–H groups in total. The molecule has 1 aromatic rings. The first-order chi connectivity index (χ1) is 7.63.